The molecule has 2 aromatic heterocycles. The minimum Gasteiger partial charge on any atom is -0.370 e. The zero-order chi connectivity index (χ0) is 14.7. The Labute approximate surface area is 127 Å². The number of amides is 1. The molecular weight excluding hydrogens is 284 g/mol. The standard InChI is InChI=1S/C15H18N4OS/c1-2-8-16-13-7-6-10(9-17-13)14(20)19-15-18-11-4-3-5-12(11)21-15/h6-7,9H,2-5,8H2,1H3,(H,16,17)(H,18,19,20). The first kappa shape index (κ1) is 14.0. The van der Waals surface area contributed by atoms with Gasteiger partial charge in [-0.05, 0) is 37.8 Å². The number of thiazole rings is 1. The SMILES string of the molecule is CCCNc1ccc(C(=O)Nc2nc3c(s2)CCC3)cn1. The smallest absolute Gasteiger partial charge is 0.259 e. The molecule has 0 unspecified atom stereocenters. The zero-order valence-corrected chi connectivity index (χ0v) is 12.8. The maximum atomic E-state index is 12.2. The van der Waals surface area contributed by atoms with Crippen molar-refractivity contribution < 1.29 is 4.79 Å². The van der Waals surface area contributed by atoms with Gasteiger partial charge in [0.2, 0.25) is 0 Å². The Hall–Kier alpha value is -1.95. The molecule has 0 fully saturated rings. The first-order valence-corrected chi connectivity index (χ1v) is 8.08. The highest BCUT2D eigenvalue weighted by Gasteiger charge is 2.18. The van der Waals surface area contributed by atoms with Gasteiger partial charge < -0.3 is 5.32 Å². The Bertz CT molecular complexity index is 614. The molecule has 0 aromatic carbocycles. The van der Waals surface area contributed by atoms with Crippen LogP contribution in [0.2, 0.25) is 0 Å². The number of fused-ring (bicyclic) bond motifs is 1. The van der Waals surface area contributed by atoms with E-state index in [0.29, 0.717) is 10.7 Å². The lowest BCUT2D eigenvalue weighted by atomic mass is 10.2. The van der Waals surface area contributed by atoms with Crippen LogP contribution in [0.4, 0.5) is 10.9 Å². The molecule has 0 aliphatic heterocycles. The van der Waals surface area contributed by atoms with Gasteiger partial charge in [-0.25, -0.2) is 9.97 Å². The summed E-state index contributed by atoms with van der Waals surface area (Å²) in [6.07, 6.45) is 5.93. The zero-order valence-electron chi connectivity index (χ0n) is 12.0. The topological polar surface area (TPSA) is 66.9 Å². The summed E-state index contributed by atoms with van der Waals surface area (Å²) < 4.78 is 0. The summed E-state index contributed by atoms with van der Waals surface area (Å²) in [7, 11) is 0. The molecule has 3 rings (SSSR count). The van der Waals surface area contributed by atoms with Crippen LogP contribution in [0.3, 0.4) is 0 Å². The van der Waals surface area contributed by atoms with E-state index in [1.807, 2.05) is 6.07 Å². The molecule has 0 spiro atoms. The normalized spacial score (nSPS) is 13.0. The second kappa shape index (κ2) is 6.22. The number of hydrogen-bond donors (Lipinski definition) is 2. The van der Waals surface area contributed by atoms with Gasteiger partial charge in [0.05, 0.1) is 11.3 Å². The first-order valence-electron chi connectivity index (χ1n) is 7.26. The van der Waals surface area contributed by atoms with Crippen molar-refractivity contribution in [3.8, 4) is 0 Å². The highest BCUT2D eigenvalue weighted by Crippen LogP contribution is 2.30. The van der Waals surface area contributed by atoms with Crippen LogP contribution in [0, 0.1) is 0 Å². The lowest BCUT2D eigenvalue weighted by Crippen LogP contribution is -2.12. The van der Waals surface area contributed by atoms with Gasteiger partial charge in [0.25, 0.3) is 5.91 Å². The third-order valence-corrected chi connectivity index (χ3v) is 4.47. The Morgan fingerprint density at radius 3 is 3.00 bits per heavy atom. The largest absolute Gasteiger partial charge is 0.370 e. The van der Waals surface area contributed by atoms with Crippen molar-refractivity contribution in [2.45, 2.75) is 32.6 Å². The van der Waals surface area contributed by atoms with Crippen LogP contribution in [0.1, 0.15) is 40.7 Å². The quantitative estimate of drug-likeness (QED) is 0.890. The van der Waals surface area contributed by atoms with E-state index in [1.165, 1.54) is 11.3 Å². The Balaban J connectivity index is 1.64. The second-order valence-electron chi connectivity index (χ2n) is 5.06. The fraction of sp³-hybridized carbons (Fsp3) is 0.400. The average molecular weight is 302 g/mol. The summed E-state index contributed by atoms with van der Waals surface area (Å²) in [6.45, 7) is 2.98. The minimum atomic E-state index is -0.156. The predicted molar refractivity (Wildman–Crippen MR) is 85.1 cm³/mol. The molecule has 1 aliphatic carbocycles. The Morgan fingerprint density at radius 2 is 2.29 bits per heavy atom. The summed E-state index contributed by atoms with van der Waals surface area (Å²) in [5.74, 6) is 0.638. The van der Waals surface area contributed by atoms with Crippen LogP contribution in [0.5, 0.6) is 0 Å². The molecule has 1 amide bonds. The summed E-state index contributed by atoms with van der Waals surface area (Å²) >= 11 is 1.58. The molecular formula is C15H18N4OS. The third kappa shape index (κ3) is 3.21. The van der Waals surface area contributed by atoms with Gasteiger partial charge >= 0.3 is 0 Å². The number of aryl methyl sites for hydroxylation is 2. The van der Waals surface area contributed by atoms with Crippen LogP contribution in [0.15, 0.2) is 18.3 Å². The number of nitrogens with zero attached hydrogens (tertiary/aromatic N) is 2. The lowest BCUT2D eigenvalue weighted by molar-refractivity contribution is 0.102. The predicted octanol–water partition coefficient (Wildman–Crippen LogP) is 3.10. The molecule has 5 nitrogen and oxygen atoms in total. The molecule has 2 heterocycles. The van der Waals surface area contributed by atoms with Crippen molar-refractivity contribution in [2.24, 2.45) is 0 Å². The van der Waals surface area contributed by atoms with E-state index >= 15 is 0 Å². The molecule has 0 bridgehead atoms. The first-order chi connectivity index (χ1) is 10.3. The molecule has 110 valence electrons. The number of hydrogen-bond acceptors (Lipinski definition) is 5. The molecule has 1 aliphatic rings. The molecule has 2 N–H and O–H groups in total. The van der Waals surface area contributed by atoms with E-state index in [1.54, 1.807) is 23.6 Å². The highest BCUT2D eigenvalue weighted by atomic mass is 32.1. The number of nitrogens with one attached hydrogen (secondary N) is 2. The number of aromatic nitrogens is 2. The molecule has 2 aromatic rings. The maximum absolute atomic E-state index is 12.2. The van der Waals surface area contributed by atoms with Crippen molar-refractivity contribution >= 4 is 28.2 Å². The van der Waals surface area contributed by atoms with E-state index in [9.17, 15) is 4.79 Å². The van der Waals surface area contributed by atoms with Gasteiger partial charge in [-0.1, -0.05) is 6.92 Å². The molecule has 0 saturated heterocycles. The number of rotatable bonds is 5. The number of pyridine rings is 1. The van der Waals surface area contributed by atoms with Gasteiger partial charge in [-0.2, -0.15) is 0 Å². The van der Waals surface area contributed by atoms with Gasteiger partial charge in [-0.15, -0.1) is 11.3 Å². The minimum absolute atomic E-state index is 0.156. The van der Waals surface area contributed by atoms with Crippen molar-refractivity contribution in [2.75, 3.05) is 17.2 Å². The molecule has 21 heavy (non-hydrogen) atoms. The van der Waals surface area contributed by atoms with Gasteiger partial charge in [0.1, 0.15) is 5.82 Å². The van der Waals surface area contributed by atoms with Crippen LogP contribution in [-0.2, 0) is 12.8 Å². The molecule has 0 radical (unpaired) electrons. The fourth-order valence-electron chi connectivity index (χ4n) is 2.30. The molecule has 0 saturated carbocycles. The van der Waals surface area contributed by atoms with Gasteiger partial charge in [0, 0.05) is 17.6 Å². The monoisotopic (exact) mass is 302 g/mol. The summed E-state index contributed by atoms with van der Waals surface area (Å²) in [5, 5.41) is 6.73. The van der Waals surface area contributed by atoms with Crippen molar-refractivity contribution in [3.63, 3.8) is 0 Å². The van der Waals surface area contributed by atoms with Crippen molar-refractivity contribution in [1.29, 1.82) is 0 Å². The maximum Gasteiger partial charge on any atom is 0.259 e. The van der Waals surface area contributed by atoms with E-state index in [2.05, 4.69) is 27.5 Å². The number of anilines is 2. The summed E-state index contributed by atoms with van der Waals surface area (Å²) in [4.78, 5) is 22.2. The number of carbonyl (C=O) groups excluding carboxylic acids is 1. The van der Waals surface area contributed by atoms with Crippen LogP contribution < -0.4 is 10.6 Å². The lowest BCUT2D eigenvalue weighted by Gasteiger charge is -2.05. The third-order valence-electron chi connectivity index (χ3n) is 3.40. The Kier molecular flexibility index (Phi) is 4.15. The van der Waals surface area contributed by atoms with E-state index in [4.69, 9.17) is 0 Å². The summed E-state index contributed by atoms with van der Waals surface area (Å²) in [5.41, 5.74) is 1.69. The Morgan fingerprint density at radius 1 is 1.38 bits per heavy atom. The summed E-state index contributed by atoms with van der Waals surface area (Å²) in [6, 6.07) is 3.61. The van der Waals surface area contributed by atoms with Crippen molar-refractivity contribution in [1.82, 2.24) is 9.97 Å². The van der Waals surface area contributed by atoms with Crippen LogP contribution in [0.25, 0.3) is 0 Å². The van der Waals surface area contributed by atoms with Crippen LogP contribution >= 0.6 is 11.3 Å². The van der Waals surface area contributed by atoms with E-state index < -0.39 is 0 Å². The van der Waals surface area contributed by atoms with Crippen LogP contribution in [-0.4, -0.2) is 22.4 Å². The molecule has 6 heteroatoms. The van der Waals surface area contributed by atoms with E-state index in [0.717, 1.165) is 37.3 Å². The number of carbonyl (C=O) groups is 1. The second-order valence-corrected chi connectivity index (χ2v) is 6.14. The van der Waals surface area contributed by atoms with E-state index in [-0.39, 0.29) is 5.91 Å². The highest BCUT2D eigenvalue weighted by molar-refractivity contribution is 7.15. The molecule has 0 atom stereocenters. The average Bonchev–Trinajstić information content (AvgIpc) is 3.06. The fourth-order valence-corrected chi connectivity index (χ4v) is 3.34. The van der Waals surface area contributed by atoms with Gasteiger partial charge in [-0.3, -0.25) is 10.1 Å². The van der Waals surface area contributed by atoms with Gasteiger partial charge in [0.15, 0.2) is 5.13 Å². The van der Waals surface area contributed by atoms with Crippen molar-refractivity contribution in [3.05, 3.63) is 34.5 Å².